The summed E-state index contributed by atoms with van der Waals surface area (Å²) in [5.74, 6) is -1.44. The lowest BCUT2D eigenvalue weighted by atomic mass is 9.95. The Morgan fingerprint density at radius 2 is 1.88 bits per heavy atom. The van der Waals surface area contributed by atoms with Crippen LogP contribution < -0.4 is 4.74 Å². The van der Waals surface area contributed by atoms with Gasteiger partial charge in [-0.15, -0.1) is 0 Å². The fourth-order valence-corrected chi connectivity index (χ4v) is 3.87. The van der Waals surface area contributed by atoms with Crippen molar-refractivity contribution in [3.8, 4) is 5.75 Å². The molecule has 0 radical (unpaired) electrons. The molecule has 1 aromatic heterocycles. The van der Waals surface area contributed by atoms with E-state index in [9.17, 15) is 19.1 Å². The zero-order valence-electron chi connectivity index (χ0n) is 18.9. The lowest BCUT2D eigenvalue weighted by Gasteiger charge is -2.25. The van der Waals surface area contributed by atoms with Crippen molar-refractivity contribution in [3.05, 3.63) is 101 Å². The molecule has 0 spiro atoms. The van der Waals surface area contributed by atoms with Gasteiger partial charge < -0.3 is 14.7 Å². The first-order valence-electron chi connectivity index (χ1n) is 11.0. The summed E-state index contributed by atoms with van der Waals surface area (Å²) < 4.78 is 19.4. The molecule has 0 saturated carbocycles. The van der Waals surface area contributed by atoms with Crippen LogP contribution in [0.1, 0.15) is 36.6 Å². The Kier molecular flexibility index (Phi) is 6.72. The number of halogens is 1. The number of hydrogen-bond donors (Lipinski definition) is 1. The van der Waals surface area contributed by atoms with E-state index in [1.54, 1.807) is 48.8 Å². The minimum Gasteiger partial charge on any atom is -0.507 e. The van der Waals surface area contributed by atoms with Gasteiger partial charge in [-0.05, 0) is 47.4 Å². The topological polar surface area (TPSA) is 79.7 Å². The molecule has 1 N–H and O–H groups in total. The number of carbonyl (C=O) groups is 2. The summed E-state index contributed by atoms with van der Waals surface area (Å²) in [6, 6.07) is 14.9. The van der Waals surface area contributed by atoms with Crippen molar-refractivity contribution in [1.82, 2.24) is 9.88 Å². The molecule has 1 amide bonds. The lowest BCUT2D eigenvalue weighted by Crippen LogP contribution is -2.29. The van der Waals surface area contributed by atoms with E-state index in [4.69, 9.17) is 4.74 Å². The maximum Gasteiger partial charge on any atom is 0.295 e. The number of pyridine rings is 1. The minimum atomic E-state index is -0.888. The highest BCUT2D eigenvalue weighted by atomic mass is 19.1. The molecule has 0 bridgehead atoms. The Labute approximate surface area is 197 Å². The van der Waals surface area contributed by atoms with Crippen molar-refractivity contribution >= 4 is 17.4 Å². The van der Waals surface area contributed by atoms with E-state index in [-0.39, 0.29) is 17.9 Å². The highest BCUT2D eigenvalue weighted by Crippen LogP contribution is 2.40. The van der Waals surface area contributed by atoms with Crippen LogP contribution in [-0.2, 0) is 16.1 Å². The molecular formula is C27H25FN2O4. The molecule has 3 aromatic rings. The number of aromatic nitrogens is 1. The van der Waals surface area contributed by atoms with Gasteiger partial charge in [0.2, 0.25) is 0 Å². The Morgan fingerprint density at radius 1 is 1.12 bits per heavy atom. The number of likely N-dealkylation sites (tertiary alicyclic amines) is 1. The second-order valence-corrected chi connectivity index (χ2v) is 8.57. The summed E-state index contributed by atoms with van der Waals surface area (Å²) in [7, 11) is 0. The fourth-order valence-electron chi connectivity index (χ4n) is 3.87. The van der Waals surface area contributed by atoms with E-state index >= 15 is 0 Å². The van der Waals surface area contributed by atoms with Crippen molar-refractivity contribution in [2.45, 2.75) is 26.4 Å². The van der Waals surface area contributed by atoms with Crippen LogP contribution in [0.25, 0.3) is 5.76 Å². The molecule has 1 aliphatic heterocycles. The molecule has 1 fully saturated rings. The number of carbonyl (C=O) groups excluding carboxylic acids is 2. The number of Topliss-reactive ketones (excluding diaryl/α,β-unsaturated/α-hetero) is 1. The van der Waals surface area contributed by atoms with Crippen LogP contribution in [0.3, 0.4) is 0 Å². The molecule has 1 atom stereocenters. The summed E-state index contributed by atoms with van der Waals surface area (Å²) in [5.41, 5.74) is 1.54. The van der Waals surface area contributed by atoms with Gasteiger partial charge >= 0.3 is 0 Å². The van der Waals surface area contributed by atoms with Crippen LogP contribution >= 0.6 is 0 Å². The first-order chi connectivity index (χ1) is 16.3. The molecule has 0 aliphatic carbocycles. The molecule has 1 saturated heterocycles. The average Bonchev–Trinajstić information content (AvgIpc) is 3.08. The number of ether oxygens (including phenoxy) is 1. The van der Waals surface area contributed by atoms with Gasteiger partial charge in [0.1, 0.15) is 17.3 Å². The normalized spacial score (nSPS) is 17.4. The van der Waals surface area contributed by atoms with E-state index in [1.165, 1.54) is 29.2 Å². The van der Waals surface area contributed by atoms with Crippen LogP contribution in [0.5, 0.6) is 5.75 Å². The van der Waals surface area contributed by atoms with Gasteiger partial charge in [-0.2, -0.15) is 0 Å². The van der Waals surface area contributed by atoms with Crippen molar-refractivity contribution < 1.29 is 23.8 Å². The summed E-state index contributed by atoms with van der Waals surface area (Å²) in [6.07, 6.45) is 3.22. The van der Waals surface area contributed by atoms with Crippen LogP contribution in [0.4, 0.5) is 4.39 Å². The standard InChI is InChI=1S/C27H25FN2O4/c1-17(2)16-34-22-7-3-6-20(13-22)25(31)23-24(19-8-10-21(28)11-9-19)30(27(33)26(23)32)15-18-5-4-12-29-14-18/h3-14,17,24,31H,15-16H2,1-2H3/b25-23-. The number of nitrogens with zero attached hydrogens (tertiary/aromatic N) is 2. The highest BCUT2D eigenvalue weighted by molar-refractivity contribution is 6.46. The molecular weight excluding hydrogens is 435 g/mol. The van der Waals surface area contributed by atoms with Gasteiger partial charge in [0.25, 0.3) is 11.7 Å². The Hall–Kier alpha value is -4.00. The van der Waals surface area contributed by atoms with Gasteiger partial charge in [0, 0.05) is 24.5 Å². The summed E-state index contributed by atoms with van der Waals surface area (Å²) in [4.78, 5) is 31.6. The first-order valence-corrected chi connectivity index (χ1v) is 11.0. The van der Waals surface area contributed by atoms with Crippen LogP contribution in [0, 0.1) is 11.7 Å². The SMILES string of the molecule is CC(C)COc1cccc(/C(O)=C2/C(=O)C(=O)N(Cc3cccnc3)C2c2ccc(F)cc2)c1. The van der Waals surface area contributed by atoms with Crippen LogP contribution in [0.15, 0.2) is 78.6 Å². The number of ketones is 1. The van der Waals surface area contributed by atoms with Crippen molar-refractivity contribution in [3.63, 3.8) is 0 Å². The van der Waals surface area contributed by atoms with Crippen molar-refractivity contribution in [2.75, 3.05) is 6.61 Å². The Bertz CT molecular complexity index is 1220. The monoisotopic (exact) mass is 460 g/mol. The predicted molar refractivity (Wildman–Crippen MR) is 125 cm³/mol. The van der Waals surface area contributed by atoms with Gasteiger partial charge in [-0.3, -0.25) is 14.6 Å². The molecule has 2 aromatic carbocycles. The van der Waals surface area contributed by atoms with Crippen molar-refractivity contribution in [1.29, 1.82) is 0 Å². The third kappa shape index (κ3) is 4.83. The zero-order chi connectivity index (χ0) is 24.2. The highest BCUT2D eigenvalue weighted by Gasteiger charge is 2.46. The summed E-state index contributed by atoms with van der Waals surface area (Å²) in [6.45, 7) is 4.65. The van der Waals surface area contributed by atoms with Gasteiger partial charge in [0.05, 0.1) is 18.2 Å². The molecule has 2 heterocycles. The maximum absolute atomic E-state index is 13.6. The fraction of sp³-hybridized carbons (Fsp3) is 0.222. The number of rotatable bonds is 7. The molecule has 4 rings (SSSR count). The number of aliphatic hydroxyl groups is 1. The van der Waals surface area contributed by atoms with Gasteiger partial charge in [-0.1, -0.05) is 44.2 Å². The minimum absolute atomic E-state index is 0.0542. The van der Waals surface area contributed by atoms with Gasteiger partial charge in [-0.25, -0.2) is 4.39 Å². The second kappa shape index (κ2) is 9.87. The van der Waals surface area contributed by atoms with E-state index in [0.29, 0.717) is 29.4 Å². The molecule has 6 nitrogen and oxygen atoms in total. The maximum atomic E-state index is 13.6. The summed E-state index contributed by atoms with van der Waals surface area (Å²) >= 11 is 0. The smallest absolute Gasteiger partial charge is 0.295 e. The van der Waals surface area contributed by atoms with E-state index in [2.05, 4.69) is 4.98 Å². The predicted octanol–water partition coefficient (Wildman–Crippen LogP) is 4.88. The van der Waals surface area contributed by atoms with Crippen LogP contribution in [0.2, 0.25) is 0 Å². The number of benzene rings is 2. The average molecular weight is 461 g/mol. The number of amides is 1. The zero-order valence-corrected chi connectivity index (χ0v) is 18.9. The third-order valence-electron chi connectivity index (χ3n) is 5.49. The van der Waals surface area contributed by atoms with E-state index < -0.39 is 23.5 Å². The quantitative estimate of drug-likeness (QED) is 0.309. The number of hydrogen-bond acceptors (Lipinski definition) is 5. The lowest BCUT2D eigenvalue weighted by molar-refractivity contribution is -0.140. The van der Waals surface area contributed by atoms with E-state index in [0.717, 1.165) is 5.56 Å². The molecule has 1 aliphatic rings. The second-order valence-electron chi connectivity index (χ2n) is 8.57. The third-order valence-corrected chi connectivity index (χ3v) is 5.49. The summed E-state index contributed by atoms with van der Waals surface area (Å²) in [5, 5.41) is 11.2. The largest absolute Gasteiger partial charge is 0.507 e. The number of aliphatic hydroxyl groups excluding tert-OH is 1. The molecule has 7 heteroatoms. The Balaban J connectivity index is 1.79. The molecule has 34 heavy (non-hydrogen) atoms. The molecule has 1 unspecified atom stereocenters. The first kappa shape index (κ1) is 23.2. The van der Waals surface area contributed by atoms with Gasteiger partial charge in [0.15, 0.2) is 0 Å². The van der Waals surface area contributed by atoms with E-state index in [1.807, 2.05) is 13.8 Å². The van der Waals surface area contributed by atoms with Crippen molar-refractivity contribution in [2.24, 2.45) is 5.92 Å². The molecule has 174 valence electrons. The van der Waals surface area contributed by atoms with Crippen LogP contribution in [-0.4, -0.2) is 33.3 Å². The Morgan fingerprint density at radius 3 is 2.56 bits per heavy atom.